The van der Waals surface area contributed by atoms with E-state index in [1.54, 1.807) is 0 Å². The van der Waals surface area contributed by atoms with E-state index in [9.17, 15) is 0 Å². The number of hydrogen-bond donors (Lipinski definition) is 2. The van der Waals surface area contributed by atoms with Crippen molar-refractivity contribution in [3.8, 4) is 0 Å². The third-order valence-corrected chi connectivity index (χ3v) is 3.61. The first-order valence-electron chi connectivity index (χ1n) is 6.48. The maximum atomic E-state index is 6.25. The van der Waals surface area contributed by atoms with Crippen molar-refractivity contribution >= 4 is 0 Å². The van der Waals surface area contributed by atoms with E-state index in [0.717, 1.165) is 19.5 Å². The number of hydrogen-bond acceptors (Lipinski definition) is 2. The Bertz CT molecular complexity index is 384. The van der Waals surface area contributed by atoms with Crippen LogP contribution >= 0.6 is 0 Å². The highest BCUT2D eigenvalue weighted by atomic mass is 14.9. The second-order valence-corrected chi connectivity index (χ2v) is 6.35. The molecular formula is C15H24N2. The van der Waals surface area contributed by atoms with Crippen molar-refractivity contribution in [2.75, 3.05) is 13.1 Å². The first-order valence-corrected chi connectivity index (χ1v) is 6.48. The van der Waals surface area contributed by atoms with E-state index in [2.05, 4.69) is 50.4 Å². The molecule has 1 aliphatic heterocycles. The average Bonchev–Trinajstić information content (AvgIpc) is 2.29. The molecule has 0 amide bonds. The Kier molecular flexibility index (Phi) is 3.28. The van der Waals surface area contributed by atoms with Gasteiger partial charge in [0.1, 0.15) is 0 Å². The zero-order valence-electron chi connectivity index (χ0n) is 11.2. The van der Waals surface area contributed by atoms with Crippen LogP contribution in [0.4, 0.5) is 0 Å². The molecule has 2 aliphatic rings. The SMILES string of the molecule is CC1(N)C=CC=C2CNCCC(C)(C)CC2=C1. The predicted molar refractivity (Wildman–Crippen MR) is 73.8 cm³/mol. The van der Waals surface area contributed by atoms with Gasteiger partial charge >= 0.3 is 0 Å². The molecule has 1 heterocycles. The molecule has 1 fully saturated rings. The number of rotatable bonds is 0. The highest BCUT2D eigenvalue weighted by molar-refractivity contribution is 5.42. The van der Waals surface area contributed by atoms with Crippen LogP contribution in [0.5, 0.6) is 0 Å². The smallest absolute Gasteiger partial charge is 0.0505 e. The summed E-state index contributed by atoms with van der Waals surface area (Å²) in [7, 11) is 0. The Morgan fingerprint density at radius 1 is 1.24 bits per heavy atom. The van der Waals surface area contributed by atoms with Crippen molar-refractivity contribution in [2.45, 2.75) is 39.2 Å². The molecule has 0 aromatic rings. The lowest BCUT2D eigenvalue weighted by Crippen LogP contribution is -2.33. The van der Waals surface area contributed by atoms with Gasteiger partial charge in [-0.15, -0.1) is 0 Å². The van der Waals surface area contributed by atoms with Crippen LogP contribution in [-0.4, -0.2) is 18.6 Å². The van der Waals surface area contributed by atoms with Crippen LogP contribution in [0.15, 0.2) is 35.5 Å². The molecule has 2 heteroatoms. The molecule has 1 atom stereocenters. The summed E-state index contributed by atoms with van der Waals surface area (Å²) in [5.41, 5.74) is 9.08. The molecular weight excluding hydrogens is 208 g/mol. The summed E-state index contributed by atoms with van der Waals surface area (Å²) in [4.78, 5) is 0. The van der Waals surface area contributed by atoms with E-state index in [1.807, 2.05) is 0 Å². The Balaban J connectivity index is 2.34. The number of allylic oxidation sites excluding steroid dienone is 2. The van der Waals surface area contributed by atoms with Crippen molar-refractivity contribution in [3.05, 3.63) is 35.5 Å². The first kappa shape index (κ1) is 12.6. The quantitative estimate of drug-likeness (QED) is 0.673. The van der Waals surface area contributed by atoms with Gasteiger partial charge in [0.15, 0.2) is 0 Å². The fraction of sp³-hybridized carbons (Fsp3) is 0.600. The summed E-state index contributed by atoms with van der Waals surface area (Å²) in [5.74, 6) is 0. The lowest BCUT2D eigenvalue weighted by atomic mass is 9.78. The van der Waals surface area contributed by atoms with Crippen LogP contribution in [0.3, 0.4) is 0 Å². The highest BCUT2D eigenvalue weighted by Gasteiger charge is 2.25. The molecule has 0 bridgehead atoms. The third kappa shape index (κ3) is 3.30. The van der Waals surface area contributed by atoms with Gasteiger partial charge in [-0.05, 0) is 42.9 Å². The van der Waals surface area contributed by atoms with Gasteiger partial charge in [0.25, 0.3) is 0 Å². The molecule has 1 aliphatic carbocycles. The van der Waals surface area contributed by atoms with Gasteiger partial charge in [-0.3, -0.25) is 0 Å². The van der Waals surface area contributed by atoms with E-state index < -0.39 is 0 Å². The molecule has 0 radical (unpaired) electrons. The minimum absolute atomic E-state index is 0.317. The van der Waals surface area contributed by atoms with Crippen LogP contribution in [0.25, 0.3) is 0 Å². The summed E-state index contributed by atoms with van der Waals surface area (Å²) in [6.45, 7) is 8.80. The summed E-state index contributed by atoms with van der Waals surface area (Å²) in [6, 6.07) is 0. The van der Waals surface area contributed by atoms with Gasteiger partial charge in [0.2, 0.25) is 0 Å². The standard InChI is InChI=1S/C15H24N2/c1-14(2)7-8-17-11-12-5-4-6-15(3,16)10-13(12)9-14/h4-6,10,17H,7-9,11,16H2,1-3H3. The maximum Gasteiger partial charge on any atom is 0.0505 e. The van der Waals surface area contributed by atoms with Gasteiger partial charge in [-0.2, -0.15) is 0 Å². The Morgan fingerprint density at radius 2 is 2.00 bits per heavy atom. The summed E-state index contributed by atoms with van der Waals surface area (Å²) in [5, 5.41) is 3.51. The molecule has 0 saturated carbocycles. The van der Waals surface area contributed by atoms with E-state index >= 15 is 0 Å². The van der Waals surface area contributed by atoms with Gasteiger partial charge in [0.05, 0.1) is 5.54 Å². The molecule has 1 saturated heterocycles. The molecule has 3 N–H and O–H groups in total. The molecule has 2 rings (SSSR count). The number of nitrogens with one attached hydrogen (secondary N) is 1. The molecule has 0 aromatic heterocycles. The molecule has 0 spiro atoms. The summed E-state index contributed by atoms with van der Waals surface area (Å²) in [6.07, 6.45) is 10.9. The minimum atomic E-state index is -0.317. The van der Waals surface area contributed by atoms with E-state index in [-0.39, 0.29) is 5.54 Å². The van der Waals surface area contributed by atoms with Crippen molar-refractivity contribution in [2.24, 2.45) is 11.1 Å². The van der Waals surface area contributed by atoms with Crippen LogP contribution in [0.2, 0.25) is 0 Å². The minimum Gasteiger partial charge on any atom is -0.319 e. The maximum absolute atomic E-state index is 6.25. The topological polar surface area (TPSA) is 38.0 Å². The molecule has 1 unspecified atom stereocenters. The van der Waals surface area contributed by atoms with Crippen LogP contribution in [0, 0.1) is 5.41 Å². The van der Waals surface area contributed by atoms with Crippen molar-refractivity contribution in [1.82, 2.24) is 5.32 Å². The Labute approximate surface area is 105 Å². The Hall–Kier alpha value is -0.860. The number of nitrogens with two attached hydrogens (primary N) is 1. The number of fused-ring (bicyclic) bond motifs is 1. The van der Waals surface area contributed by atoms with Crippen molar-refractivity contribution in [1.29, 1.82) is 0 Å². The normalized spacial score (nSPS) is 32.7. The second kappa shape index (κ2) is 4.43. The molecule has 17 heavy (non-hydrogen) atoms. The lowest BCUT2D eigenvalue weighted by Gasteiger charge is -2.31. The molecule has 0 aromatic carbocycles. The second-order valence-electron chi connectivity index (χ2n) is 6.35. The van der Waals surface area contributed by atoms with E-state index in [1.165, 1.54) is 17.6 Å². The molecule has 94 valence electrons. The lowest BCUT2D eigenvalue weighted by molar-refractivity contribution is 0.319. The van der Waals surface area contributed by atoms with Crippen LogP contribution in [-0.2, 0) is 0 Å². The van der Waals surface area contributed by atoms with Crippen molar-refractivity contribution < 1.29 is 0 Å². The third-order valence-electron chi connectivity index (χ3n) is 3.61. The zero-order chi connectivity index (χ0) is 12.5. The van der Waals surface area contributed by atoms with Crippen LogP contribution < -0.4 is 11.1 Å². The monoisotopic (exact) mass is 232 g/mol. The fourth-order valence-electron chi connectivity index (χ4n) is 2.59. The van der Waals surface area contributed by atoms with E-state index in [0.29, 0.717) is 5.41 Å². The van der Waals surface area contributed by atoms with Gasteiger partial charge in [0, 0.05) is 6.54 Å². The van der Waals surface area contributed by atoms with Gasteiger partial charge in [-0.1, -0.05) is 38.2 Å². The summed E-state index contributed by atoms with van der Waals surface area (Å²) < 4.78 is 0. The fourth-order valence-corrected chi connectivity index (χ4v) is 2.59. The Morgan fingerprint density at radius 3 is 2.76 bits per heavy atom. The highest BCUT2D eigenvalue weighted by Crippen LogP contribution is 2.34. The van der Waals surface area contributed by atoms with Gasteiger partial charge < -0.3 is 11.1 Å². The van der Waals surface area contributed by atoms with E-state index in [4.69, 9.17) is 5.73 Å². The molecule has 2 nitrogen and oxygen atoms in total. The zero-order valence-corrected chi connectivity index (χ0v) is 11.2. The van der Waals surface area contributed by atoms with Crippen molar-refractivity contribution in [3.63, 3.8) is 0 Å². The largest absolute Gasteiger partial charge is 0.319 e. The van der Waals surface area contributed by atoms with Gasteiger partial charge in [-0.25, -0.2) is 0 Å². The average molecular weight is 232 g/mol. The summed E-state index contributed by atoms with van der Waals surface area (Å²) >= 11 is 0. The van der Waals surface area contributed by atoms with Crippen LogP contribution in [0.1, 0.15) is 33.6 Å². The predicted octanol–water partition coefficient (Wildman–Crippen LogP) is 2.54. The first-order chi connectivity index (χ1) is 7.88.